The fourth-order valence-corrected chi connectivity index (χ4v) is 7.25. The number of aromatic nitrogens is 1. The number of amides is 2. The van der Waals surface area contributed by atoms with E-state index in [1.807, 2.05) is 58.3 Å². The van der Waals surface area contributed by atoms with Crippen molar-refractivity contribution < 1.29 is 33.0 Å². The van der Waals surface area contributed by atoms with E-state index in [2.05, 4.69) is 5.32 Å². The summed E-state index contributed by atoms with van der Waals surface area (Å²) in [6, 6.07) is 14.8. The van der Waals surface area contributed by atoms with Gasteiger partial charge in [0, 0.05) is 54.2 Å². The van der Waals surface area contributed by atoms with Crippen molar-refractivity contribution in [3.8, 4) is 11.1 Å². The molecule has 0 unspecified atom stereocenters. The average Bonchev–Trinajstić information content (AvgIpc) is 3.49. The number of alkyl carbamates (subject to hydrolysis) is 1. The predicted octanol–water partition coefficient (Wildman–Crippen LogP) is 7.62. The van der Waals surface area contributed by atoms with Gasteiger partial charge in [0.15, 0.2) is 0 Å². The minimum Gasteiger partial charge on any atom is -0.481 e. The minimum atomic E-state index is -0.918. The van der Waals surface area contributed by atoms with E-state index in [0.717, 1.165) is 55.5 Å². The van der Waals surface area contributed by atoms with Gasteiger partial charge in [-0.05, 0) is 61.3 Å². The number of carboxylic acid groups (broad SMARTS) is 1. The molecule has 12 heteroatoms. The molecule has 2 aromatic carbocycles. The Morgan fingerprint density at radius 3 is 2.56 bits per heavy atom. The second kappa shape index (κ2) is 19.5. The predicted molar refractivity (Wildman–Crippen MR) is 188 cm³/mol. The number of carboxylic acids is 1. The first-order valence-electron chi connectivity index (χ1n) is 16.4. The van der Waals surface area contributed by atoms with Crippen molar-refractivity contribution in [1.29, 1.82) is 0 Å². The second-order valence-electron chi connectivity index (χ2n) is 11.9. The molecule has 48 heavy (non-hydrogen) atoms. The molecule has 8 nitrogen and oxygen atoms in total. The maximum atomic E-state index is 15.1. The van der Waals surface area contributed by atoms with Crippen LogP contribution in [-0.4, -0.2) is 75.8 Å². The lowest BCUT2D eigenvalue weighted by molar-refractivity contribution is -0.136. The summed E-state index contributed by atoms with van der Waals surface area (Å²) in [6.45, 7) is 1.41. The van der Waals surface area contributed by atoms with E-state index in [4.69, 9.17) is 9.84 Å². The zero-order chi connectivity index (χ0) is 34.3. The average molecular weight is 702 g/mol. The van der Waals surface area contributed by atoms with Crippen LogP contribution in [0.25, 0.3) is 11.1 Å². The zero-order valence-electron chi connectivity index (χ0n) is 27.4. The lowest BCUT2D eigenvalue weighted by atomic mass is 9.81. The van der Waals surface area contributed by atoms with Crippen molar-refractivity contribution >= 4 is 41.5 Å². The Balaban J connectivity index is 1.71. The van der Waals surface area contributed by atoms with Gasteiger partial charge in [-0.15, -0.1) is 0 Å². The molecule has 260 valence electrons. The topological polar surface area (TPSA) is 101 Å². The summed E-state index contributed by atoms with van der Waals surface area (Å²) in [7, 11) is 0. The van der Waals surface area contributed by atoms with Gasteiger partial charge in [0.05, 0.1) is 18.2 Å². The van der Waals surface area contributed by atoms with Gasteiger partial charge >= 0.3 is 12.1 Å². The molecule has 0 spiro atoms. The van der Waals surface area contributed by atoms with Gasteiger partial charge in [0.2, 0.25) is 5.91 Å². The van der Waals surface area contributed by atoms with Crippen LogP contribution in [0.2, 0.25) is 0 Å². The molecule has 2 N–H and O–H groups in total. The number of carbonyl (C=O) groups excluding carboxylic acids is 2. The number of ether oxygens (including phenoxy) is 1. The second-order valence-corrected chi connectivity index (χ2v) is 14.0. The lowest BCUT2D eigenvalue weighted by Crippen LogP contribution is -2.42. The highest BCUT2D eigenvalue weighted by molar-refractivity contribution is 7.99. The van der Waals surface area contributed by atoms with E-state index in [1.165, 1.54) is 17.8 Å². The Bertz CT molecular complexity index is 1480. The summed E-state index contributed by atoms with van der Waals surface area (Å²) < 4.78 is 36.8. The van der Waals surface area contributed by atoms with Gasteiger partial charge in [0.25, 0.3) is 0 Å². The van der Waals surface area contributed by atoms with E-state index in [0.29, 0.717) is 49.7 Å². The molecule has 0 aliphatic heterocycles. The van der Waals surface area contributed by atoms with Crippen molar-refractivity contribution in [1.82, 2.24) is 14.8 Å². The zero-order valence-corrected chi connectivity index (χ0v) is 29.0. The number of hydrogen-bond acceptors (Lipinski definition) is 6. The quantitative estimate of drug-likeness (QED) is 0.132. The van der Waals surface area contributed by atoms with E-state index in [9.17, 15) is 18.8 Å². The Labute approximate surface area is 290 Å². The molecule has 4 rings (SSSR count). The number of aliphatic carboxylic acids is 1. The van der Waals surface area contributed by atoms with E-state index >= 15 is 4.39 Å². The highest BCUT2D eigenvalue weighted by Gasteiger charge is 2.35. The summed E-state index contributed by atoms with van der Waals surface area (Å²) in [6.07, 6.45) is 8.64. The molecular weight excluding hydrogens is 657 g/mol. The van der Waals surface area contributed by atoms with Gasteiger partial charge in [-0.1, -0.05) is 49.6 Å². The van der Waals surface area contributed by atoms with E-state index in [-0.39, 0.29) is 35.6 Å². The lowest BCUT2D eigenvalue weighted by Gasteiger charge is -2.40. The van der Waals surface area contributed by atoms with Gasteiger partial charge in [-0.3, -0.25) is 9.59 Å². The number of halogens is 2. The monoisotopic (exact) mass is 701 g/mol. The van der Waals surface area contributed by atoms with E-state index in [1.54, 1.807) is 11.8 Å². The van der Waals surface area contributed by atoms with Gasteiger partial charge < -0.3 is 24.6 Å². The number of thioether (sulfide) groups is 2. The van der Waals surface area contributed by atoms with Gasteiger partial charge in [-0.25, -0.2) is 13.6 Å². The Hall–Kier alpha value is -3.51. The van der Waals surface area contributed by atoms with Crippen LogP contribution in [0.1, 0.15) is 62.2 Å². The maximum absolute atomic E-state index is 15.1. The van der Waals surface area contributed by atoms with Crippen molar-refractivity contribution in [3.63, 3.8) is 0 Å². The summed E-state index contributed by atoms with van der Waals surface area (Å²) in [4.78, 5) is 39.3. The molecule has 1 aliphatic carbocycles. The summed E-state index contributed by atoms with van der Waals surface area (Å²) in [5.41, 5.74) is 2.53. The Morgan fingerprint density at radius 1 is 1.06 bits per heavy atom. The third-order valence-corrected chi connectivity index (χ3v) is 9.99. The van der Waals surface area contributed by atoms with Crippen LogP contribution in [0.5, 0.6) is 0 Å². The molecule has 1 saturated carbocycles. The van der Waals surface area contributed by atoms with Crippen LogP contribution in [0, 0.1) is 17.6 Å². The maximum Gasteiger partial charge on any atom is 0.407 e. The van der Waals surface area contributed by atoms with Crippen molar-refractivity contribution in [2.75, 3.05) is 43.2 Å². The summed E-state index contributed by atoms with van der Waals surface area (Å²) in [5.74, 6) is -0.902. The molecule has 0 saturated heterocycles. The highest BCUT2D eigenvalue weighted by atomic mass is 32.2. The normalized spacial score (nSPS) is 14.0. The summed E-state index contributed by atoms with van der Waals surface area (Å²) in [5, 5.41) is 11.9. The summed E-state index contributed by atoms with van der Waals surface area (Å²) >= 11 is 2.86. The number of hydrogen-bond donors (Lipinski definition) is 2. The van der Waals surface area contributed by atoms with Crippen LogP contribution >= 0.6 is 23.5 Å². The van der Waals surface area contributed by atoms with Crippen LogP contribution in [0.3, 0.4) is 0 Å². The molecule has 0 bridgehead atoms. The first-order valence-corrected chi connectivity index (χ1v) is 19.0. The molecular formula is C36H45F2N3O5S2. The van der Waals surface area contributed by atoms with Crippen LogP contribution < -0.4 is 5.32 Å². The molecule has 1 fully saturated rings. The third kappa shape index (κ3) is 11.3. The van der Waals surface area contributed by atoms with Crippen molar-refractivity contribution in [3.05, 3.63) is 83.7 Å². The number of nitrogens with zero attached hydrogens (tertiary/aromatic N) is 2. The van der Waals surface area contributed by atoms with Gasteiger partial charge in [-0.2, -0.15) is 23.5 Å². The Kier molecular flexibility index (Phi) is 15.1. The van der Waals surface area contributed by atoms with E-state index < -0.39 is 23.7 Å². The number of nitrogens with one attached hydrogen (secondary N) is 1. The first kappa shape index (κ1) is 37.3. The molecule has 3 aromatic rings. The van der Waals surface area contributed by atoms with Crippen LogP contribution in [0.15, 0.2) is 60.8 Å². The van der Waals surface area contributed by atoms with Crippen molar-refractivity contribution in [2.45, 2.75) is 57.5 Å². The smallest absolute Gasteiger partial charge is 0.407 e. The minimum absolute atomic E-state index is 0.0466. The highest BCUT2D eigenvalue weighted by Crippen LogP contribution is 2.41. The third-order valence-electron chi connectivity index (χ3n) is 8.47. The van der Waals surface area contributed by atoms with Crippen molar-refractivity contribution in [2.24, 2.45) is 5.92 Å². The molecule has 2 amide bonds. The van der Waals surface area contributed by atoms with Crippen LogP contribution in [-0.2, 0) is 20.9 Å². The molecule has 1 heterocycles. The largest absolute Gasteiger partial charge is 0.481 e. The fraction of sp³-hybridized carbons (Fsp3) is 0.472. The molecule has 1 atom stereocenters. The molecule has 1 aromatic heterocycles. The number of carbonyl (C=O) groups is 3. The van der Waals surface area contributed by atoms with Gasteiger partial charge in [0.1, 0.15) is 18.2 Å². The standard InChI is InChI=1S/C36H45F2N3O5S2/c1-47-20-18-46-36(45)39-16-8-17-41(33(42)25-48-19-15-34(43)44)35(27-11-6-3-7-12-27)32-21-28(30-22-29(37)13-14-31(30)38)24-40(32)23-26-9-4-2-5-10-26/h2,4-5,9-10,13-14,21-22,24,27,35H,3,6-8,11-12,15-20,23,25H2,1H3,(H,39,45)(H,43,44)/t35-/m1/s1. The van der Waals surface area contributed by atoms with Crippen LogP contribution in [0.4, 0.5) is 13.6 Å². The fourth-order valence-electron chi connectivity index (χ4n) is 6.20. The SMILES string of the molecule is CSCCOC(=O)NCCCN(C(=O)CSCCC(=O)O)[C@@H](c1cc(-c2cc(F)ccc2F)cn1Cc1ccccc1)C1CCCCC1. The Morgan fingerprint density at radius 2 is 1.83 bits per heavy atom. The molecule has 1 aliphatic rings. The first-order chi connectivity index (χ1) is 23.3. The number of benzene rings is 2. The number of rotatable bonds is 18. The molecule has 0 radical (unpaired) electrons.